The molecule has 1 fully saturated rings. The Bertz CT molecular complexity index is 611. The number of likely N-dealkylation sites (tertiary alicyclic amines) is 1. The minimum Gasteiger partial charge on any atom is -0.492 e. The summed E-state index contributed by atoms with van der Waals surface area (Å²) in [6, 6.07) is 17.4. The minimum absolute atomic E-state index is 0. The largest absolute Gasteiger partial charge is 0.492 e. The first-order valence-electron chi connectivity index (χ1n) is 8.04. The standard InChI is InChI=1S/C19H22ClNO2.ClH/c20-17-8-6-16(7-9-17)19(22)10-12-21(13-11-19)14-15-23-18-4-2-1-3-5-18;/h1-9,22H,10-15H2;1H. The first kappa shape index (κ1) is 19.1. The number of hydrogen-bond acceptors (Lipinski definition) is 3. The predicted octanol–water partition coefficient (Wildman–Crippen LogP) is 4.12. The summed E-state index contributed by atoms with van der Waals surface area (Å²) < 4.78 is 5.74. The molecule has 0 atom stereocenters. The highest BCUT2D eigenvalue weighted by molar-refractivity contribution is 6.30. The Kier molecular flexibility index (Phi) is 6.93. The second kappa shape index (κ2) is 8.72. The third kappa shape index (κ3) is 4.87. The number of hydrogen-bond donors (Lipinski definition) is 1. The van der Waals surface area contributed by atoms with E-state index < -0.39 is 5.60 Å². The van der Waals surface area contributed by atoms with Crippen LogP contribution in [-0.2, 0) is 5.60 Å². The van der Waals surface area contributed by atoms with Crippen molar-refractivity contribution in [3.8, 4) is 5.75 Å². The van der Waals surface area contributed by atoms with Gasteiger partial charge in [0, 0.05) is 24.7 Å². The summed E-state index contributed by atoms with van der Waals surface area (Å²) in [6.07, 6.45) is 1.47. The Morgan fingerprint density at radius 1 is 1.00 bits per heavy atom. The van der Waals surface area contributed by atoms with E-state index in [-0.39, 0.29) is 12.4 Å². The van der Waals surface area contributed by atoms with Crippen LogP contribution in [0.3, 0.4) is 0 Å². The lowest BCUT2D eigenvalue weighted by Gasteiger charge is -2.38. The predicted molar refractivity (Wildman–Crippen MR) is 100 cm³/mol. The lowest BCUT2D eigenvalue weighted by Crippen LogP contribution is -2.43. The van der Waals surface area contributed by atoms with E-state index in [1.165, 1.54) is 0 Å². The maximum atomic E-state index is 10.9. The van der Waals surface area contributed by atoms with E-state index >= 15 is 0 Å². The summed E-state index contributed by atoms with van der Waals surface area (Å²) in [7, 11) is 0. The average molecular weight is 368 g/mol. The van der Waals surface area contributed by atoms with E-state index in [4.69, 9.17) is 16.3 Å². The van der Waals surface area contributed by atoms with Gasteiger partial charge in [0.1, 0.15) is 12.4 Å². The van der Waals surface area contributed by atoms with Crippen LogP contribution in [0.2, 0.25) is 5.02 Å². The van der Waals surface area contributed by atoms with Crippen LogP contribution in [0.5, 0.6) is 5.75 Å². The van der Waals surface area contributed by atoms with E-state index in [0.29, 0.717) is 11.6 Å². The molecule has 1 heterocycles. The van der Waals surface area contributed by atoms with Crippen molar-refractivity contribution in [2.45, 2.75) is 18.4 Å². The molecule has 3 rings (SSSR count). The van der Waals surface area contributed by atoms with E-state index in [1.807, 2.05) is 54.6 Å². The first-order chi connectivity index (χ1) is 11.2. The van der Waals surface area contributed by atoms with E-state index in [2.05, 4.69) is 4.90 Å². The fourth-order valence-corrected chi connectivity index (χ4v) is 3.13. The van der Waals surface area contributed by atoms with Gasteiger partial charge in [-0.15, -0.1) is 12.4 Å². The first-order valence-corrected chi connectivity index (χ1v) is 8.42. The van der Waals surface area contributed by atoms with Crippen molar-refractivity contribution in [3.63, 3.8) is 0 Å². The lowest BCUT2D eigenvalue weighted by atomic mass is 9.84. The number of aliphatic hydroxyl groups is 1. The van der Waals surface area contributed by atoms with Crippen LogP contribution < -0.4 is 4.74 Å². The van der Waals surface area contributed by atoms with Crippen LogP contribution in [0, 0.1) is 0 Å². The van der Waals surface area contributed by atoms with E-state index in [0.717, 1.165) is 43.8 Å². The molecular formula is C19H23Cl2NO2. The molecule has 130 valence electrons. The molecule has 3 nitrogen and oxygen atoms in total. The number of nitrogens with zero attached hydrogens (tertiary/aromatic N) is 1. The Morgan fingerprint density at radius 3 is 2.25 bits per heavy atom. The monoisotopic (exact) mass is 367 g/mol. The van der Waals surface area contributed by atoms with Gasteiger partial charge in [-0.25, -0.2) is 0 Å². The van der Waals surface area contributed by atoms with Crippen LogP contribution in [0.1, 0.15) is 18.4 Å². The van der Waals surface area contributed by atoms with E-state index in [9.17, 15) is 5.11 Å². The Labute approximate surface area is 154 Å². The molecule has 5 heteroatoms. The molecule has 0 aromatic heterocycles. The van der Waals surface area contributed by atoms with Crippen LogP contribution in [0.25, 0.3) is 0 Å². The number of rotatable bonds is 5. The van der Waals surface area contributed by atoms with Gasteiger partial charge in [0.05, 0.1) is 5.60 Å². The number of para-hydroxylation sites is 1. The summed E-state index contributed by atoms with van der Waals surface area (Å²) in [5, 5.41) is 11.6. The summed E-state index contributed by atoms with van der Waals surface area (Å²) in [5.74, 6) is 0.905. The molecule has 1 aliphatic heterocycles. The SMILES string of the molecule is Cl.OC1(c2ccc(Cl)cc2)CCN(CCOc2ccccc2)CC1. The van der Waals surface area contributed by atoms with Gasteiger partial charge in [0.15, 0.2) is 0 Å². The van der Waals surface area contributed by atoms with Crippen LogP contribution in [0.4, 0.5) is 0 Å². The molecule has 0 bridgehead atoms. The highest BCUT2D eigenvalue weighted by Gasteiger charge is 2.33. The van der Waals surface area contributed by atoms with Gasteiger partial charge in [-0.1, -0.05) is 41.9 Å². The molecule has 1 saturated heterocycles. The van der Waals surface area contributed by atoms with Crippen LogP contribution >= 0.6 is 24.0 Å². The number of piperidine rings is 1. The molecule has 0 unspecified atom stereocenters. The van der Waals surface area contributed by atoms with Gasteiger partial charge in [-0.2, -0.15) is 0 Å². The molecule has 1 aliphatic rings. The maximum absolute atomic E-state index is 10.9. The van der Waals surface area contributed by atoms with Crippen molar-refractivity contribution in [2.75, 3.05) is 26.2 Å². The number of benzene rings is 2. The van der Waals surface area contributed by atoms with Crippen LogP contribution in [0.15, 0.2) is 54.6 Å². The Balaban J connectivity index is 0.00000208. The summed E-state index contributed by atoms with van der Waals surface area (Å²) in [5.41, 5.74) is 0.226. The molecule has 0 spiro atoms. The third-order valence-corrected chi connectivity index (χ3v) is 4.74. The number of ether oxygens (including phenoxy) is 1. The van der Waals surface area contributed by atoms with E-state index in [1.54, 1.807) is 0 Å². The topological polar surface area (TPSA) is 32.7 Å². The zero-order valence-corrected chi connectivity index (χ0v) is 15.1. The molecule has 0 radical (unpaired) electrons. The van der Waals surface area contributed by atoms with Gasteiger partial charge >= 0.3 is 0 Å². The molecule has 24 heavy (non-hydrogen) atoms. The Hall–Kier alpha value is -1.26. The van der Waals surface area contributed by atoms with Gasteiger partial charge in [-0.05, 0) is 42.7 Å². The molecule has 2 aromatic rings. The average Bonchev–Trinajstić information content (AvgIpc) is 2.58. The van der Waals surface area contributed by atoms with Crippen molar-refractivity contribution in [2.24, 2.45) is 0 Å². The molecule has 0 amide bonds. The highest BCUT2D eigenvalue weighted by atomic mass is 35.5. The maximum Gasteiger partial charge on any atom is 0.119 e. The summed E-state index contributed by atoms with van der Waals surface area (Å²) >= 11 is 5.92. The molecule has 2 aromatic carbocycles. The molecule has 0 saturated carbocycles. The summed E-state index contributed by atoms with van der Waals surface area (Å²) in [4.78, 5) is 2.34. The van der Waals surface area contributed by atoms with Crippen molar-refractivity contribution >= 4 is 24.0 Å². The molecule has 0 aliphatic carbocycles. The van der Waals surface area contributed by atoms with Crippen molar-refractivity contribution in [3.05, 3.63) is 65.2 Å². The van der Waals surface area contributed by atoms with Crippen molar-refractivity contribution < 1.29 is 9.84 Å². The third-order valence-electron chi connectivity index (χ3n) is 4.48. The normalized spacial score (nSPS) is 17.1. The highest BCUT2D eigenvalue weighted by Crippen LogP contribution is 2.33. The Morgan fingerprint density at radius 2 is 1.62 bits per heavy atom. The van der Waals surface area contributed by atoms with Gasteiger partial charge in [0.25, 0.3) is 0 Å². The molecule has 1 N–H and O–H groups in total. The minimum atomic E-state index is -0.735. The zero-order valence-electron chi connectivity index (χ0n) is 13.5. The van der Waals surface area contributed by atoms with Crippen molar-refractivity contribution in [1.82, 2.24) is 4.90 Å². The van der Waals surface area contributed by atoms with Crippen LogP contribution in [-0.4, -0.2) is 36.2 Å². The van der Waals surface area contributed by atoms with Gasteiger partial charge in [0.2, 0.25) is 0 Å². The second-order valence-corrected chi connectivity index (χ2v) is 6.48. The quantitative estimate of drug-likeness (QED) is 0.862. The zero-order chi connectivity index (χ0) is 16.1. The van der Waals surface area contributed by atoms with Crippen molar-refractivity contribution in [1.29, 1.82) is 0 Å². The summed E-state index contributed by atoms with van der Waals surface area (Å²) in [6.45, 7) is 3.30. The van der Waals surface area contributed by atoms with Gasteiger partial charge in [-0.3, -0.25) is 4.90 Å². The molecular weight excluding hydrogens is 345 g/mol. The smallest absolute Gasteiger partial charge is 0.119 e. The number of halogens is 2. The second-order valence-electron chi connectivity index (χ2n) is 6.04. The van der Waals surface area contributed by atoms with Gasteiger partial charge < -0.3 is 9.84 Å². The fourth-order valence-electron chi connectivity index (χ4n) is 3.00. The fraction of sp³-hybridized carbons (Fsp3) is 0.368. The lowest BCUT2D eigenvalue weighted by molar-refractivity contribution is -0.0278.